The number of hydrogen-bond acceptors (Lipinski definition) is 6. The van der Waals surface area contributed by atoms with Crippen LogP contribution in [0.15, 0.2) is 46.7 Å². The van der Waals surface area contributed by atoms with Crippen LogP contribution >= 0.6 is 0 Å². The van der Waals surface area contributed by atoms with Crippen LogP contribution in [0.4, 0.5) is 0 Å². The van der Waals surface area contributed by atoms with Gasteiger partial charge in [-0.3, -0.25) is 4.99 Å². The van der Waals surface area contributed by atoms with E-state index in [1.165, 1.54) is 5.57 Å². The Hall–Kier alpha value is -1.18. The zero-order chi connectivity index (χ0) is 21.3. The van der Waals surface area contributed by atoms with E-state index in [0.29, 0.717) is 25.5 Å². The molecule has 1 aliphatic rings. The van der Waals surface area contributed by atoms with Crippen molar-refractivity contribution >= 4 is 17.1 Å². The summed E-state index contributed by atoms with van der Waals surface area (Å²) in [5.41, 5.74) is 5.25. The number of methoxy groups -OCH3 is 1. The molecule has 1 aliphatic carbocycles. The van der Waals surface area contributed by atoms with Crippen LogP contribution in [0.3, 0.4) is 0 Å². The molecule has 0 radical (unpaired) electrons. The van der Waals surface area contributed by atoms with Gasteiger partial charge in [0.1, 0.15) is 5.75 Å². The first-order valence-electron chi connectivity index (χ1n) is 10.1. The first kappa shape index (κ1) is 25.9. The third kappa shape index (κ3) is 12.9. The molecule has 1 N–H and O–H groups in total. The molecule has 0 saturated carbocycles. The Labute approximate surface area is 179 Å². The molecule has 0 saturated heterocycles. The third-order valence-electron chi connectivity index (χ3n) is 4.33. The largest absolute Gasteiger partial charge is 0.598 e. The minimum atomic E-state index is -0.961. The van der Waals surface area contributed by atoms with Crippen molar-refractivity contribution in [2.45, 2.75) is 31.8 Å². The smallest absolute Gasteiger partial charge is 0.147 e. The van der Waals surface area contributed by atoms with Gasteiger partial charge in [0.25, 0.3) is 0 Å². The number of nitrogens with one attached hydrogen (secondary N) is 1. The second kappa shape index (κ2) is 16.6. The van der Waals surface area contributed by atoms with E-state index < -0.39 is 11.4 Å². The minimum Gasteiger partial charge on any atom is -0.598 e. The predicted molar refractivity (Wildman–Crippen MR) is 123 cm³/mol. The molecule has 2 atom stereocenters. The molecule has 0 aromatic heterocycles. The molecule has 6 nitrogen and oxygen atoms in total. The summed E-state index contributed by atoms with van der Waals surface area (Å²) in [6.07, 6.45) is 14.1. The van der Waals surface area contributed by atoms with Gasteiger partial charge in [0.05, 0.1) is 31.6 Å². The highest BCUT2D eigenvalue weighted by atomic mass is 32.2. The maximum atomic E-state index is 12.1. The van der Waals surface area contributed by atoms with Crippen LogP contribution in [-0.2, 0) is 20.8 Å². The van der Waals surface area contributed by atoms with Gasteiger partial charge >= 0.3 is 0 Å². The van der Waals surface area contributed by atoms with Crippen molar-refractivity contribution in [1.82, 2.24) is 9.62 Å². The lowest BCUT2D eigenvalue weighted by atomic mass is 10.1. The molecule has 0 amide bonds. The summed E-state index contributed by atoms with van der Waals surface area (Å²) in [6.45, 7) is 2.43. The molecule has 0 spiro atoms. The van der Waals surface area contributed by atoms with Gasteiger partial charge in [-0.15, -0.1) is 10.0 Å². The lowest BCUT2D eigenvalue weighted by molar-refractivity contribution is 0.0782. The fraction of sp³-hybridized carbons (Fsp3) is 0.636. The standard InChI is InChI=1S/C22H37N3O3S/c1-23-15-8-7-12-21(24-16-17-27-4)18-28-22-13-6-5-10-20(11-9-14-22)19-29(26)25(2)3/h5-6,8,11-12,22-23H,9-10,13-19H2,1-4H3/b6-5-,20-11?,24-21+/t7?,22-,29?/m0/s1. The summed E-state index contributed by atoms with van der Waals surface area (Å²) in [5, 5.41) is 3.05. The van der Waals surface area contributed by atoms with Gasteiger partial charge in [-0.1, -0.05) is 18.2 Å². The van der Waals surface area contributed by atoms with Crippen molar-refractivity contribution < 1.29 is 14.0 Å². The number of hydrogen-bond donors (Lipinski definition) is 1. The number of nitrogens with zero attached hydrogens (tertiary/aromatic N) is 2. The van der Waals surface area contributed by atoms with Crippen molar-refractivity contribution in [3.63, 3.8) is 0 Å². The van der Waals surface area contributed by atoms with Gasteiger partial charge < -0.3 is 19.3 Å². The Morgan fingerprint density at radius 1 is 1.45 bits per heavy atom. The van der Waals surface area contributed by atoms with Crippen LogP contribution in [0, 0.1) is 0 Å². The molecule has 0 fully saturated rings. The summed E-state index contributed by atoms with van der Waals surface area (Å²) in [5.74, 6) is 0.600. The topological polar surface area (TPSA) is 69.1 Å². The Morgan fingerprint density at radius 3 is 3.00 bits per heavy atom. The molecule has 0 aromatic carbocycles. The lowest BCUT2D eigenvalue weighted by Crippen LogP contribution is -2.26. The molecule has 0 bridgehead atoms. The first-order chi connectivity index (χ1) is 14.1. The van der Waals surface area contributed by atoms with Gasteiger partial charge in [0.2, 0.25) is 0 Å². The second-order valence-corrected chi connectivity index (χ2v) is 8.66. The van der Waals surface area contributed by atoms with Gasteiger partial charge in [-0.25, -0.2) is 0 Å². The van der Waals surface area contributed by atoms with E-state index in [2.05, 4.69) is 34.3 Å². The average Bonchev–Trinajstić information content (AvgIpc) is 2.81. The van der Waals surface area contributed by atoms with E-state index in [0.717, 1.165) is 37.9 Å². The molecule has 0 aliphatic heterocycles. The van der Waals surface area contributed by atoms with Crippen LogP contribution in [-0.4, -0.2) is 81.0 Å². The summed E-state index contributed by atoms with van der Waals surface area (Å²) in [6, 6.07) is 0. The van der Waals surface area contributed by atoms with E-state index >= 15 is 0 Å². The Balaban J connectivity index is 2.62. The number of allylic oxidation sites excluding steroid dienone is 2. The molecule has 164 valence electrons. The summed E-state index contributed by atoms with van der Waals surface area (Å²) >= 11 is -0.961. The molecule has 1 rings (SSSR count). The number of aliphatic imine (C=N–C) groups is 1. The summed E-state index contributed by atoms with van der Waals surface area (Å²) in [7, 11) is 7.27. The first-order valence-corrected chi connectivity index (χ1v) is 11.4. The molecule has 29 heavy (non-hydrogen) atoms. The number of likely N-dealkylation sites (N-methyl/N-ethyl adjacent to an activating group) is 1. The highest BCUT2D eigenvalue weighted by Gasteiger charge is 2.14. The number of rotatable bonds is 12. The molecular formula is C22H37N3O3S. The molecule has 0 heterocycles. The van der Waals surface area contributed by atoms with Gasteiger partial charge in [-0.05, 0) is 44.4 Å². The van der Waals surface area contributed by atoms with Gasteiger partial charge in [0, 0.05) is 45.2 Å². The highest BCUT2D eigenvalue weighted by molar-refractivity contribution is 7.89. The monoisotopic (exact) mass is 423 g/mol. The molecule has 7 heteroatoms. The van der Waals surface area contributed by atoms with E-state index in [9.17, 15) is 4.55 Å². The fourth-order valence-electron chi connectivity index (χ4n) is 2.65. The molecular weight excluding hydrogens is 386 g/mol. The van der Waals surface area contributed by atoms with Crippen LogP contribution in [0.1, 0.15) is 25.7 Å². The van der Waals surface area contributed by atoms with Crippen molar-refractivity contribution in [1.29, 1.82) is 0 Å². The Bertz CT molecular complexity index is 596. The van der Waals surface area contributed by atoms with Crippen molar-refractivity contribution in [2.24, 2.45) is 4.99 Å². The van der Waals surface area contributed by atoms with Gasteiger partial charge in [0.15, 0.2) is 0 Å². The zero-order valence-electron chi connectivity index (χ0n) is 18.4. The second-order valence-electron chi connectivity index (χ2n) is 7.00. The van der Waals surface area contributed by atoms with Crippen molar-refractivity contribution in [3.05, 3.63) is 41.7 Å². The van der Waals surface area contributed by atoms with E-state index in [-0.39, 0.29) is 6.10 Å². The van der Waals surface area contributed by atoms with E-state index in [4.69, 9.17) is 9.47 Å². The van der Waals surface area contributed by atoms with Crippen LogP contribution in [0.25, 0.3) is 0 Å². The molecule has 1 unspecified atom stereocenters. The van der Waals surface area contributed by atoms with Gasteiger partial charge in [-0.2, -0.15) is 0 Å². The van der Waals surface area contributed by atoms with Crippen LogP contribution in [0.2, 0.25) is 0 Å². The zero-order valence-corrected chi connectivity index (χ0v) is 19.2. The van der Waals surface area contributed by atoms with Crippen LogP contribution < -0.4 is 5.32 Å². The quantitative estimate of drug-likeness (QED) is 0.172. The summed E-state index contributed by atoms with van der Waals surface area (Å²) < 4.78 is 25.1. The van der Waals surface area contributed by atoms with Crippen molar-refractivity contribution in [3.8, 4) is 0 Å². The van der Waals surface area contributed by atoms with Crippen LogP contribution in [0.5, 0.6) is 0 Å². The normalized spacial score (nSPS) is 20.1. The lowest BCUT2D eigenvalue weighted by Gasteiger charge is -2.17. The Kier molecular flexibility index (Phi) is 14.8. The third-order valence-corrected chi connectivity index (χ3v) is 5.77. The number of ether oxygens (including phenoxy) is 2. The Morgan fingerprint density at radius 2 is 2.28 bits per heavy atom. The molecule has 0 aromatic rings. The van der Waals surface area contributed by atoms with E-state index in [1.54, 1.807) is 11.4 Å². The maximum absolute atomic E-state index is 12.1. The predicted octanol–water partition coefficient (Wildman–Crippen LogP) is 2.67. The fourth-order valence-corrected chi connectivity index (χ4v) is 3.46. The minimum absolute atomic E-state index is 0.142. The van der Waals surface area contributed by atoms with E-state index in [1.807, 2.05) is 33.3 Å². The van der Waals surface area contributed by atoms with Crippen molar-refractivity contribution in [2.75, 3.05) is 60.3 Å². The summed E-state index contributed by atoms with van der Waals surface area (Å²) in [4.78, 5) is 4.56. The highest BCUT2D eigenvalue weighted by Crippen LogP contribution is 2.17. The SMILES string of the molecule is CNCC=C=C/C(CO[C@H]1C/C=C\CC(C[S+]([O-])N(C)C)=CCC1)=N\CCOC. The maximum Gasteiger partial charge on any atom is 0.147 e. The average molecular weight is 424 g/mol.